The second-order valence-corrected chi connectivity index (χ2v) is 4.38. The van der Waals surface area contributed by atoms with Crippen LogP contribution in [0.1, 0.15) is 0 Å². The number of nitrogens with zero attached hydrogens (tertiary/aromatic N) is 2. The summed E-state index contributed by atoms with van der Waals surface area (Å²) in [6.07, 6.45) is 3.58. The lowest BCUT2D eigenvalue weighted by Crippen LogP contribution is -1.81. The molecule has 0 atom stereocenters. The highest BCUT2D eigenvalue weighted by Gasteiger charge is 1.98. The van der Waals surface area contributed by atoms with Crippen molar-refractivity contribution in [1.29, 1.82) is 0 Å². The molecule has 0 aliphatic carbocycles. The third kappa shape index (κ3) is 1.49. The van der Waals surface area contributed by atoms with E-state index in [2.05, 4.69) is 50.4 Å². The minimum Gasteiger partial charge on any atom is -0.158 e. The van der Waals surface area contributed by atoms with E-state index >= 15 is 0 Å². The van der Waals surface area contributed by atoms with Gasteiger partial charge in [0.05, 0.1) is 12.4 Å². The van der Waals surface area contributed by atoms with Crippen molar-refractivity contribution >= 4 is 37.5 Å². The second kappa shape index (κ2) is 3.28. The van der Waals surface area contributed by atoms with Gasteiger partial charge in [-0.05, 0) is 35.0 Å². The Kier molecular flexibility index (Phi) is 1.92. The Bertz CT molecular complexity index is 649. The summed E-state index contributed by atoms with van der Waals surface area (Å²) in [5.74, 6) is 0. The third-order valence-electron chi connectivity index (χ3n) is 2.46. The highest BCUT2D eigenvalue weighted by molar-refractivity contribution is 9.10. The van der Waals surface area contributed by atoms with Crippen LogP contribution >= 0.6 is 15.9 Å². The second-order valence-electron chi connectivity index (χ2n) is 3.46. The van der Waals surface area contributed by atoms with Gasteiger partial charge in [-0.25, -0.2) is 0 Å². The van der Waals surface area contributed by atoms with Crippen LogP contribution in [0.3, 0.4) is 0 Å². The summed E-state index contributed by atoms with van der Waals surface area (Å²) in [5, 5.41) is 12.4. The molecule has 3 heteroatoms. The number of hydrogen-bond donors (Lipinski definition) is 0. The smallest absolute Gasteiger partial charge is 0.0574 e. The quantitative estimate of drug-likeness (QED) is 0.577. The first-order chi connectivity index (χ1) is 7.33. The third-order valence-corrected chi connectivity index (χ3v) is 2.96. The Morgan fingerprint density at radius 1 is 0.733 bits per heavy atom. The van der Waals surface area contributed by atoms with Crippen LogP contribution in [0.25, 0.3) is 21.5 Å². The SMILES string of the molecule is Brc1ccc2cc3cnncc3cc2c1. The first-order valence-corrected chi connectivity index (χ1v) is 5.42. The largest absolute Gasteiger partial charge is 0.158 e. The van der Waals surface area contributed by atoms with Gasteiger partial charge in [-0.1, -0.05) is 22.0 Å². The van der Waals surface area contributed by atoms with Crippen LogP contribution in [0.15, 0.2) is 47.2 Å². The van der Waals surface area contributed by atoms with Crippen molar-refractivity contribution in [2.75, 3.05) is 0 Å². The van der Waals surface area contributed by atoms with Crippen molar-refractivity contribution in [1.82, 2.24) is 10.2 Å². The standard InChI is InChI=1S/C12H7BrN2/c13-12-2-1-8-3-10-6-14-15-7-11(10)4-9(8)5-12/h1-7H. The lowest BCUT2D eigenvalue weighted by Gasteiger charge is -2.01. The van der Waals surface area contributed by atoms with Crippen LogP contribution in [0, 0.1) is 0 Å². The molecule has 0 fully saturated rings. The number of fused-ring (bicyclic) bond motifs is 2. The summed E-state index contributed by atoms with van der Waals surface area (Å²) in [4.78, 5) is 0. The van der Waals surface area contributed by atoms with Crippen molar-refractivity contribution in [2.24, 2.45) is 0 Å². The maximum Gasteiger partial charge on any atom is 0.0574 e. The normalized spacial score (nSPS) is 11.0. The molecule has 0 aliphatic rings. The molecule has 0 saturated heterocycles. The molecule has 3 aromatic rings. The van der Waals surface area contributed by atoms with Gasteiger partial charge in [0.15, 0.2) is 0 Å². The van der Waals surface area contributed by atoms with Crippen molar-refractivity contribution in [3.8, 4) is 0 Å². The first kappa shape index (κ1) is 8.80. The molecule has 2 nitrogen and oxygen atoms in total. The molecule has 1 aromatic heterocycles. The number of aromatic nitrogens is 2. The van der Waals surface area contributed by atoms with Crippen molar-refractivity contribution in [3.63, 3.8) is 0 Å². The van der Waals surface area contributed by atoms with Crippen LogP contribution in [0.2, 0.25) is 0 Å². The molecular weight excluding hydrogens is 252 g/mol. The van der Waals surface area contributed by atoms with Crippen LogP contribution in [0.5, 0.6) is 0 Å². The number of halogens is 1. The lowest BCUT2D eigenvalue weighted by molar-refractivity contribution is 1.05. The average Bonchev–Trinajstić information content (AvgIpc) is 2.26. The van der Waals surface area contributed by atoms with E-state index in [-0.39, 0.29) is 0 Å². The van der Waals surface area contributed by atoms with Crippen molar-refractivity contribution in [2.45, 2.75) is 0 Å². The maximum atomic E-state index is 3.88. The zero-order chi connectivity index (χ0) is 10.3. The maximum absolute atomic E-state index is 3.88. The Labute approximate surface area is 95.1 Å². The highest BCUT2D eigenvalue weighted by atomic mass is 79.9. The fraction of sp³-hybridized carbons (Fsp3) is 0. The van der Waals surface area contributed by atoms with Gasteiger partial charge >= 0.3 is 0 Å². The summed E-state index contributed by atoms with van der Waals surface area (Å²) >= 11 is 3.47. The van der Waals surface area contributed by atoms with Crippen LogP contribution in [0.4, 0.5) is 0 Å². The number of hydrogen-bond acceptors (Lipinski definition) is 2. The zero-order valence-electron chi connectivity index (χ0n) is 7.81. The Morgan fingerprint density at radius 2 is 1.40 bits per heavy atom. The minimum atomic E-state index is 1.09. The molecule has 3 rings (SSSR count). The van der Waals surface area contributed by atoms with Crippen LogP contribution in [-0.4, -0.2) is 10.2 Å². The molecule has 0 amide bonds. The number of rotatable bonds is 0. The fourth-order valence-corrected chi connectivity index (χ4v) is 2.10. The molecule has 0 saturated carbocycles. The zero-order valence-corrected chi connectivity index (χ0v) is 9.40. The predicted molar refractivity (Wildman–Crippen MR) is 64.7 cm³/mol. The summed E-state index contributed by atoms with van der Waals surface area (Å²) < 4.78 is 1.09. The molecule has 0 unspecified atom stereocenters. The van der Waals surface area contributed by atoms with Gasteiger partial charge in [0.2, 0.25) is 0 Å². The fourth-order valence-electron chi connectivity index (χ4n) is 1.72. The van der Waals surface area contributed by atoms with E-state index in [0.717, 1.165) is 15.2 Å². The first-order valence-electron chi connectivity index (χ1n) is 4.63. The summed E-state index contributed by atoms with van der Waals surface area (Å²) in [7, 11) is 0. The van der Waals surface area contributed by atoms with Gasteiger partial charge in [0.25, 0.3) is 0 Å². The molecule has 1 heterocycles. The van der Waals surface area contributed by atoms with Gasteiger partial charge in [-0.15, -0.1) is 0 Å². The van der Waals surface area contributed by atoms with E-state index < -0.39 is 0 Å². The van der Waals surface area contributed by atoms with E-state index in [1.807, 2.05) is 6.07 Å². The van der Waals surface area contributed by atoms with Crippen molar-refractivity contribution in [3.05, 3.63) is 47.2 Å². The molecule has 0 radical (unpaired) electrons. The monoisotopic (exact) mass is 258 g/mol. The minimum absolute atomic E-state index is 1.09. The van der Waals surface area contributed by atoms with Crippen LogP contribution in [-0.2, 0) is 0 Å². The molecule has 72 valence electrons. The lowest BCUT2D eigenvalue weighted by atomic mass is 10.1. The van der Waals surface area contributed by atoms with E-state index in [1.165, 1.54) is 10.8 Å². The molecule has 0 spiro atoms. The van der Waals surface area contributed by atoms with Gasteiger partial charge in [-0.2, -0.15) is 10.2 Å². The Balaban J connectivity index is 2.47. The molecule has 0 aliphatic heterocycles. The van der Waals surface area contributed by atoms with E-state index in [9.17, 15) is 0 Å². The van der Waals surface area contributed by atoms with Gasteiger partial charge < -0.3 is 0 Å². The molecular formula is C12H7BrN2. The summed E-state index contributed by atoms with van der Waals surface area (Å²) in [5.41, 5.74) is 0. The summed E-state index contributed by atoms with van der Waals surface area (Å²) in [6, 6.07) is 10.5. The topological polar surface area (TPSA) is 25.8 Å². The Hall–Kier alpha value is -1.48. The van der Waals surface area contributed by atoms with E-state index in [4.69, 9.17) is 0 Å². The van der Waals surface area contributed by atoms with Crippen molar-refractivity contribution < 1.29 is 0 Å². The molecule has 0 bridgehead atoms. The van der Waals surface area contributed by atoms with E-state index in [0.29, 0.717) is 0 Å². The Morgan fingerprint density at radius 3 is 2.13 bits per heavy atom. The van der Waals surface area contributed by atoms with Crippen LogP contribution < -0.4 is 0 Å². The summed E-state index contributed by atoms with van der Waals surface area (Å²) in [6.45, 7) is 0. The molecule has 2 aromatic carbocycles. The van der Waals surface area contributed by atoms with Gasteiger partial charge in [0, 0.05) is 15.2 Å². The highest BCUT2D eigenvalue weighted by Crippen LogP contribution is 2.24. The van der Waals surface area contributed by atoms with Gasteiger partial charge in [-0.3, -0.25) is 0 Å². The molecule has 15 heavy (non-hydrogen) atoms. The van der Waals surface area contributed by atoms with E-state index in [1.54, 1.807) is 12.4 Å². The molecule has 0 N–H and O–H groups in total. The predicted octanol–water partition coefficient (Wildman–Crippen LogP) is 3.55. The average molecular weight is 259 g/mol. The number of benzene rings is 2. The van der Waals surface area contributed by atoms with Gasteiger partial charge in [0.1, 0.15) is 0 Å².